The van der Waals surface area contributed by atoms with Crippen molar-refractivity contribution in [3.8, 4) is 11.1 Å². The molecule has 2 N–H and O–H groups in total. The summed E-state index contributed by atoms with van der Waals surface area (Å²) < 4.78 is 5.52. The molecule has 5 heteroatoms. The molecule has 2 fully saturated rings. The van der Waals surface area contributed by atoms with Crippen molar-refractivity contribution in [2.24, 2.45) is 11.8 Å². The van der Waals surface area contributed by atoms with Crippen LogP contribution in [-0.2, 0) is 0 Å². The van der Waals surface area contributed by atoms with Gasteiger partial charge in [-0.2, -0.15) is 0 Å². The number of hydrogen-bond donors (Lipinski definition) is 1. The van der Waals surface area contributed by atoms with E-state index in [2.05, 4.69) is 5.16 Å². The van der Waals surface area contributed by atoms with E-state index in [-0.39, 0.29) is 0 Å². The molecule has 3 nitrogen and oxygen atoms in total. The third-order valence-corrected chi connectivity index (χ3v) is 5.20. The van der Waals surface area contributed by atoms with E-state index >= 15 is 0 Å². The smallest absolute Gasteiger partial charge is 0.175 e. The van der Waals surface area contributed by atoms with Crippen LogP contribution >= 0.6 is 23.2 Å². The number of benzene rings is 1. The maximum atomic E-state index is 6.30. The summed E-state index contributed by atoms with van der Waals surface area (Å²) in [4.78, 5) is 0. The molecule has 4 rings (SSSR count). The van der Waals surface area contributed by atoms with Crippen molar-refractivity contribution in [3.05, 3.63) is 34.0 Å². The zero-order valence-electron chi connectivity index (χ0n) is 10.8. The molecule has 0 amide bonds. The largest absolute Gasteiger partial charge is 0.380 e. The summed E-state index contributed by atoms with van der Waals surface area (Å²) in [5.41, 5.74) is 7.53. The summed E-state index contributed by atoms with van der Waals surface area (Å²) in [6, 6.07) is 5.44. The fraction of sp³-hybridized carbons (Fsp3) is 0.400. The Morgan fingerprint density at radius 3 is 2.35 bits per heavy atom. The van der Waals surface area contributed by atoms with E-state index in [1.165, 1.54) is 6.42 Å². The Hall–Kier alpha value is -1.19. The standard InChI is InChI=1S/C15H14Cl2N2O/c16-10-2-1-3-11(17)12(10)13-14(20-19-15(13)18)9-5-7-4-8(7)6-9/h1-3,7-9H,4-6H2,(H2,18,19). The van der Waals surface area contributed by atoms with Gasteiger partial charge < -0.3 is 10.3 Å². The third-order valence-electron chi connectivity index (χ3n) is 4.57. The number of hydrogen-bond acceptors (Lipinski definition) is 3. The van der Waals surface area contributed by atoms with Crippen LogP contribution in [-0.4, -0.2) is 5.16 Å². The van der Waals surface area contributed by atoms with Crippen molar-refractivity contribution in [2.45, 2.75) is 25.2 Å². The highest BCUT2D eigenvalue weighted by Crippen LogP contribution is 2.59. The van der Waals surface area contributed by atoms with Crippen LogP contribution in [0, 0.1) is 11.8 Å². The molecule has 2 aliphatic carbocycles. The molecule has 1 aromatic heterocycles. The lowest BCUT2D eigenvalue weighted by molar-refractivity contribution is 0.356. The Morgan fingerprint density at radius 2 is 1.70 bits per heavy atom. The molecule has 0 saturated heterocycles. The van der Waals surface area contributed by atoms with E-state index in [1.54, 1.807) is 0 Å². The first-order chi connectivity index (χ1) is 9.65. The topological polar surface area (TPSA) is 52.0 Å². The molecular formula is C15H14Cl2N2O. The van der Waals surface area contributed by atoms with Gasteiger partial charge in [0.05, 0.1) is 15.6 Å². The second-order valence-electron chi connectivity index (χ2n) is 5.83. The van der Waals surface area contributed by atoms with Gasteiger partial charge in [-0.15, -0.1) is 0 Å². The average molecular weight is 309 g/mol. The first-order valence-electron chi connectivity index (χ1n) is 6.84. The number of aromatic nitrogens is 1. The van der Waals surface area contributed by atoms with E-state index in [0.717, 1.165) is 41.6 Å². The fourth-order valence-corrected chi connectivity index (χ4v) is 4.10. The Bertz CT molecular complexity index is 652. The normalized spacial score (nSPS) is 27.6. The highest BCUT2D eigenvalue weighted by molar-refractivity contribution is 6.39. The zero-order valence-corrected chi connectivity index (χ0v) is 12.3. The van der Waals surface area contributed by atoms with Crippen molar-refractivity contribution in [1.29, 1.82) is 0 Å². The number of halogens is 2. The predicted molar refractivity (Wildman–Crippen MR) is 79.9 cm³/mol. The van der Waals surface area contributed by atoms with E-state index in [4.69, 9.17) is 33.5 Å². The SMILES string of the molecule is Nc1noc(C2CC3CC3C2)c1-c1c(Cl)cccc1Cl. The van der Waals surface area contributed by atoms with E-state index < -0.39 is 0 Å². The second kappa shape index (κ2) is 4.40. The van der Waals surface area contributed by atoms with Crippen LogP contribution in [0.2, 0.25) is 10.0 Å². The third kappa shape index (κ3) is 1.84. The fourth-order valence-electron chi connectivity index (χ4n) is 3.51. The van der Waals surface area contributed by atoms with Crippen molar-refractivity contribution in [1.82, 2.24) is 5.16 Å². The molecule has 0 spiro atoms. The molecule has 2 aliphatic rings. The van der Waals surface area contributed by atoms with Crippen molar-refractivity contribution in [3.63, 3.8) is 0 Å². The number of nitrogens with two attached hydrogens (primary N) is 1. The molecule has 0 bridgehead atoms. The molecule has 1 heterocycles. The summed E-state index contributed by atoms with van der Waals surface area (Å²) in [5.74, 6) is 3.34. The lowest BCUT2D eigenvalue weighted by atomic mass is 9.94. The molecule has 2 atom stereocenters. The van der Waals surface area contributed by atoms with Gasteiger partial charge in [0.15, 0.2) is 5.82 Å². The lowest BCUT2D eigenvalue weighted by Crippen LogP contribution is -1.98. The molecule has 2 aromatic rings. The molecule has 20 heavy (non-hydrogen) atoms. The van der Waals surface area contributed by atoms with Gasteiger partial charge in [0.2, 0.25) is 0 Å². The van der Waals surface area contributed by atoms with Crippen LogP contribution in [0.3, 0.4) is 0 Å². The zero-order chi connectivity index (χ0) is 13.9. The Labute approximate surface area is 127 Å². The van der Waals surface area contributed by atoms with Gasteiger partial charge >= 0.3 is 0 Å². The Balaban J connectivity index is 1.83. The molecular weight excluding hydrogens is 295 g/mol. The number of rotatable bonds is 2. The maximum Gasteiger partial charge on any atom is 0.175 e. The van der Waals surface area contributed by atoms with Gasteiger partial charge in [0.25, 0.3) is 0 Å². The first kappa shape index (κ1) is 12.5. The molecule has 0 aliphatic heterocycles. The van der Waals surface area contributed by atoms with Crippen molar-refractivity contribution in [2.75, 3.05) is 5.73 Å². The highest BCUT2D eigenvalue weighted by atomic mass is 35.5. The lowest BCUT2D eigenvalue weighted by Gasteiger charge is -2.12. The van der Waals surface area contributed by atoms with Gasteiger partial charge in [-0.25, -0.2) is 0 Å². The molecule has 0 radical (unpaired) electrons. The van der Waals surface area contributed by atoms with Crippen LogP contribution in [0.5, 0.6) is 0 Å². The van der Waals surface area contributed by atoms with Crippen molar-refractivity contribution >= 4 is 29.0 Å². The molecule has 2 saturated carbocycles. The highest BCUT2D eigenvalue weighted by Gasteiger charge is 2.48. The van der Waals surface area contributed by atoms with E-state index in [9.17, 15) is 0 Å². The van der Waals surface area contributed by atoms with Gasteiger partial charge in [-0.1, -0.05) is 34.4 Å². The predicted octanol–water partition coefficient (Wildman–Crippen LogP) is 4.74. The number of fused-ring (bicyclic) bond motifs is 1. The summed E-state index contributed by atoms with van der Waals surface area (Å²) >= 11 is 12.6. The molecule has 1 aromatic carbocycles. The van der Waals surface area contributed by atoms with Crippen molar-refractivity contribution < 1.29 is 4.52 Å². The maximum absolute atomic E-state index is 6.30. The van der Waals surface area contributed by atoms with Gasteiger partial charge in [0.1, 0.15) is 5.76 Å². The quantitative estimate of drug-likeness (QED) is 0.871. The minimum atomic E-state index is 0.371. The summed E-state index contributed by atoms with van der Waals surface area (Å²) in [5, 5.41) is 5.11. The Kier molecular flexibility index (Phi) is 2.76. The van der Waals surface area contributed by atoms with Gasteiger partial charge in [0, 0.05) is 11.5 Å². The summed E-state index contributed by atoms with van der Waals surface area (Å²) in [6.07, 6.45) is 3.69. The Morgan fingerprint density at radius 1 is 1.05 bits per heavy atom. The van der Waals surface area contributed by atoms with Crippen LogP contribution < -0.4 is 5.73 Å². The average Bonchev–Trinajstić information content (AvgIpc) is 2.84. The van der Waals surface area contributed by atoms with E-state index in [1.807, 2.05) is 18.2 Å². The number of nitrogen functional groups attached to an aromatic ring is 1. The molecule has 2 unspecified atom stereocenters. The molecule has 104 valence electrons. The van der Waals surface area contributed by atoms with E-state index in [0.29, 0.717) is 21.8 Å². The number of nitrogens with zero attached hydrogens (tertiary/aromatic N) is 1. The summed E-state index contributed by atoms with van der Waals surface area (Å²) in [6.45, 7) is 0. The van der Waals surface area contributed by atoms with Crippen LogP contribution in [0.1, 0.15) is 30.9 Å². The summed E-state index contributed by atoms with van der Waals surface area (Å²) in [7, 11) is 0. The van der Waals surface area contributed by atoms with Gasteiger partial charge in [-0.05, 0) is 43.2 Å². The monoisotopic (exact) mass is 308 g/mol. The first-order valence-corrected chi connectivity index (χ1v) is 7.60. The second-order valence-corrected chi connectivity index (χ2v) is 6.64. The van der Waals surface area contributed by atoms with Crippen LogP contribution in [0.4, 0.5) is 5.82 Å². The van der Waals surface area contributed by atoms with Crippen LogP contribution in [0.15, 0.2) is 22.7 Å². The van der Waals surface area contributed by atoms with Gasteiger partial charge in [-0.3, -0.25) is 0 Å². The minimum Gasteiger partial charge on any atom is -0.380 e. The minimum absolute atomic E-state index is 0.371. The number of anilines is 1. The van der Waals surface area contributed by atoms with Crippen LogP contribution in [0.25, 0.3) is 11.1 Å².